The first kappa shape index (κ1) is 19.9. The Balaban J connectivity index is 1.30. The molecule has 1 nitrogen and oxygen atoms in total. The second kappa shape index (κ2) is 6.83. The molecule has 0 amide bonds. The van der Waals surface area contributed by atoms with Crippen molar-refractivity contribution in [3.63, 3.8) is 0 Å². The van der Waals surface area contributed by atoms with Gasteiger partial charge in [-0.05, 0) is 96.4 Å². The van der Waals surface area contributed by atoms with Crippen LogP contribution in [0.15, 0.2) is 127 Å². The van der Waals surface area contributed by atoms with E-state index in [4.69, 9.17) is 0 Å². The van der Waals surface area contributed by atoms with Gasteiger partial charge in [-0.1, -0.05) is 97.1 Å². The van der Waals surface area contributed by atoms with Crippen LogP contribution < -0.4 is 0 Å². The van der Waals surface area contributed by atoms with Crippen molar-refractivity contribution in [2.24, 2.45) is 0 Å². The molecule has 0 N–H and O–H groups in total. The summed E-state index contributed by atoms with van der Waals surface area (Å²) >= 11 is 0. The molecule has 0 bridgehead atoms. The summed E-state index contributed by atoms with van der Waals surface area (Å²) in [4.78, 5) is 0. The predicted octanol–water partition coefficient (Wildman–Crippen LogP) is 10.4. The Morgan fingerprint density at radius 3 is 1.56 bits per heavy atom. The van der Waals surface area contributed by atoms with Crippen LogP contribution in [0.3, 0.4) is 0 Å². The number of hydrogen-bond donors (Lipinski definition) is 0. The highest BCUT2D eigenvalue weighted by molar-refractivity contribution is 6.21. The number of rotatable bonds is 1. The van der Waals surface area contributed by atoms with Crippen LogP contribution in [0.2, 0.25) is 0 Å². The van der Waals surface area contributed by atoms with Gasteiger partial charge in [0.05, 0.1) is 11.0 Å². The number of para-hydroxylation sites is 1. The number of hydrogen-bond acceptors (Lipinski definition) is 0. The molecule has 0 fully saturated rings. The molecule has 0 aliphatic heterocycles. The monoisotopic (exact) mass is 491 g/mol. The van der Waals surface area contributed by atoms with Gasteiger partial charge in [0, 0.05) is 16.5 Å². The van der Waals surface area contributed by atoms with Crippen LogP contribution in [0, 0.1) is 0 Å². The highest BCUT2D eigenvalue weighted by atomic mass is 15.0. The predicted molar refractivity (Wildman–Crippen MR) is 165 cm³/mol. The molecule has 178 valence electrons. The molecule has 2 aliphatic rings. The van der Waals surface area contributed by atoms with Crippen LogP contribution in [0.4, 0.5) is 0 Å². The first-order chi connectivity index (χ1) is 19.3. The molecule has 0 saturated carbocycles. The fourth-order valence-corrected chi connectivity index (χ4v) is 7.45. The first-order valence-corrected chi connectivity index (χ1v) is 13.6. The van der Waals surface area contributed by atoms with Crippen molar-refractivity contribution >= 4 is 43.4 Å². The zero-order chi connectivity index (χ0) is 25.2. The van der Waals surface area contributed by atoms with Gasteiger partial charge < -0.3 is 4.57 Å². The average Bonchev–Trinajstić information content (AvgIpc) is 3.61. The maximum absolute atomic E-state index is 2.47. The Hall–Kier alpha value is -5.14. The Morgan fingerprint density at radius 1 is 0.333 bits per heavy atom. The van der Waals surface area contributed by atoms with Crippen LogP contribution in [-0.4, -0.2) is 4.57 Å². The summed E-state index contributed by atoms with van der Waals surface area (Å²) < 4.78 is 2.47. The summed E-state index contributed by atoms with van der Waals surface area (Å²) in [5.41, 5.74) is 14.4. The highest BCUT2D eigenvalue weighted by Gasteiger charge is 2.25. The normalized spacial score (nSPS) is 12.6. The van der Waals surface area contributed by atoms with E-state index in [2.05, 4.69) is 132 Å². The van der Waals surface area contributed by atoms with E-state index >= 15 is 0 Å². The lowest BCUT2D eigenvalue weighted by atomic mass is 10.0. The van der Waals surface area contributed by atoms with Crippen LogP contribution in [0.5, 0.6) is 0 Å². The number of benzene rings is 7. The van der Waals surface area contributed by atoms with Gasteiger partial charge >= 0.3 is 0 Å². The van der Waals surface area contributed by atoms with Crippen molar-refractivity contribution in [1.29, 1.82) is 0 Å². The molecule has 1 aromatic heterocycles. The maximum Gasteiger partial charge on any atom is 0.0547 e. The molecule has 0 unspecified atom stereocenters. The largest absolute Gasteiger partial charge is 0.309 e. The summed E-state index contributed by atoms with van der Waals surface area (Å²) in [7, 11) is 0. The molecule has 0 saturated heterocycles. The van der Waals surface area contributed by atoms with E-state index in [1.165, 1.54) is 93.5 Å². The Morgan fingerprint density at radius 2 is 0.897 bits per heavy atom. The minimum absolute atomic E-state index is 1.21. The molecule has 10 rings (SSSR count). The molecule has 0 spiro atoms. The van der Waals surface area contributed by atoms with Crippen molar-refractivity contribution in [3.8, 4) is 50.2 Å². The van der Waals surface area contributed by atoms with Gasteiger partial charge in [0.2, 0.25) is 0 Å². The van der Waals surface area contributed by atoms with E-state index in [-0.39, 0.29) is 0 Å². The molecule has 8 aromatic rings. The van der Waals surface area contributed by atoms with Gasteiger partial charge in [-0.15, -0.1) is 0 Å². The fraction of sp³-hybridized carbons (Fsp3) is 0. The van der Waals surface area contributed by atoms with E-state index in [0.29, 0.717) is 0 Å². The summed E-state index contributed by atoms with van der Waals surface area (Å²) in [6.45, 7) is 0. The van der Waals surface area contributed by atoms with Gasteiger partial charge in [-0.2, -0.15) is 0 Å². The lowest BCUT2D eigenvalue weighted by Gasteiger charge is -2.12. The van der Waals surface area contributed by atoms with Crippen LogP contribution in [0.25, 0.3) is 93.5 Å². The van der Waals surface area contributed by atoms with Crippen molar-refractivity contribution in [2.45, 2.75) is 0 Å². The summed E-state index contributed by atoms with van der Waals surface area (Å²) in [5, 5.41) is 7.97. The first-order valence-electron chi connectivity index (χ1n) is 13.6. The Labute approximate surface area is 225 Å². The van der Waals surface area contributed by atoms with Crippen molar-refractivity contribution < 1.29 is 0 Å². The Kier molecular flexibility index (Phi) is 3.49. The second-order valence-electron chi connectivity index (χ2n) is 10.9. The smallest absolute Gasteiger partial charge is 0.0547 e. The molecule has 7 aromatic carbocycles. The van der Waals surface area contributed by atoms with Crippen LogP contribution in [0.1, 0.15) is 0 Å². The third kappa shape index (κ3) is 2.37. The van der Waals surface area contributed by atoms with Crippen LogP contribution in [-0.2, 0) is 0 Å². The molecule has 39 heavy (non-hydrogen) atoms. The zero-order valence-electron chi connectivity index (χ0n) is 21.1. The van der Waals surface area contributed by atoms with Gasteiger partial charge in [0.1, 0.15) is 0 Å². The third-order valence-electron chi connectivity index (χ3n) is 9.04. The highest BCUT2D eigenvalue weighted by Crippen LogP contribution is 2.51. The fourth-order valence-electron chi connectivity index (χ4n) is 7.45. The van der Waals surface area contributed by atoms with Gasteiger partial charge in [-0.25, -0.2) is 0 Å². The summed E-state index contributed by atoms with van der Waals surface area (Å²) in [6.07, 6.45) is 0. The molecule has 0 atom stereocenters. The molecule has 2 aliphatic carbocycles. The topological polar surface area (TPSA) is 4.93 Å². The van der Waals surface area contributed by atoms with Crippen molar-refractivity contribution in [3.05, 3.63) is 127 Å². The van der Waals surface area contributed by atoms with Crippen molar-refractivity contribution in [2.75, 3.05) is 0 Å². The van der Waals surface area contributed by atoms with E-state index in [0.717, 1.165) is 0 Å². The van der Waals surface area contributed by atoms with Gasteiger partial charge in [0.15, 0.2) is 0 Å². The molecule has 1 heterocycles. The molecular formula is C38H21N. The minimum Gasteiger partial charge on any atom is -0.309 e. The molecular weight excluding hydrogens is 470 g/mol. The Bertz CT molecular complexity index is 2370. The lowest BCUT2D eigenvalue weighted by Crippen LogP contribution is -1.95. The number of fused-ring (bicyclic) bond motifs is 9. The molecule has 0 radical (unpaired) electrons. The number of aromatic nitrogens is 1. The van der Waals surface area contributed by atoms with E-state index in [9.17, 15) is 0 Å². The molecule has 1 heteroatoms. The maximum atomic E-state index is 2.47. The van der Waals surface area contributed by atoms with Crippen LogP contribution >= 0.6 is 0 Å². The SMILES string of the molecule is c1cc2c3c(cccc3c1)-c1cc(-n3c4ccccc4c4cc5c(cc43)-c3cccc4cccc-5c34)ccc1-2. The minimum atomic E-state index is 1.21. The second-order valence-corrected chi connectivity index (χ2v) is 10.9. The van der Waals surface area contributed by atoms with Gasteiger partial charge in [0.25, 0.3) is 0 Å². The standard InChI is InChI=1S/C38H21N/c1-2-16-35-26(11-1)34-20-32-29-14-5-9-23-10-6-15-30(38(23)29)33(32)21-36(34)39(35)24-17-18-25-27-12-3-7-22-8-4-13-28(37(22)27)31(25)19-24/h1-21H. The van der Waals surface area contributed by atoms with E-state index in [1.54, 1.807) is 0 Å². The van der Waals surface area contributed by atoms with Crippen molar-refractivity contribution in [1.82, 2.24) is 4.57 Å². The van der Waals surface area contributed by atoms with E-state index in [1.807, 2.05) is 0 Å². The summed E-state index contributed by atoms with van der Waals surface area (Å²) in [6, 6.07) is 47.5. The quantitative estimate of drug-likeness (QED) is 0.215. The lowest BCUT2D eigenvalue weighted by molar-refractivity contribution is 1.18. The van der Waals surface area contributed by atoms with Gasteiger partial charge in [-0.3, -0.25) is 0 Å². The number of nitrogens with zero attached hydrogens (tertiary/aromatic N) is 1. The zero-order valence-corrected chi connectivity index (χ0v) is 21.1. The summed E-state index contributed by atoms with van der Waals surface area (Å²) in [5.74, 6) is 0. The third-order valence-corrected chi connectivity index (χ3v) is 9.04. The average molecular weight is 492 g/mol. The van der Waals surface area contributed by atoms with E-state index < -0.39 is 0 Å².